The number of nitrogens with zero attached hydrogens (tertiary/aromatic N) is 4. The zero-order chi connectivity index (χ0) is 17.9. The summed E-state index contributed by atoms with van der Waals surface area (Å²) >= 11 is 0. The average molecular weight is 361 g/mol. The van der Waals surface area contributed by atoms with Gasteiger partial charge >= 0.3 is 0 Å². The molecule has 0 radical (unpaired) electrons. The van der Waals surface area contributed by atoms with Crippen LogP contribution in [0.15, 0.2) is 30.7 Å². The molecule has 1 unspecified atom stereocenters. The first-order chi connectivity index (χ1) is 12.0. The summed E-state index contributed by atoms with van der Waals surface area (Å²) in [6, 6.07) is 3.30. The van der Waals surface area contributed by atoms with Crippen LogP contribution >= 0.6 is 0 Å². The number of aryl methyl sites for hydroxylation is 1. The van der Waals surface area contributed by atoms with Crippen LogP contribution in [0.2, 0.25) is 0 Å². The van der Waals surface area contributed by atoms with Crippen LogP contribution in [0.3, 0.4) is 0 Å². The first kappa shape index (κ1) is 17.9. The minimum Gasteiger partial charge on any atom is -0.265 e. The first-order valence-corrected chi connectivity index (χ1v) is 9.93. The summed E-state index contributed by atoms with van der Waals surface area (Å²) in [7, 11) is -3.49. The van der Waals surface area contributed by atoms with Crippen molar-refractivity contribution in [2.45, 2.75) is 39.2 Å². The predicted molar refractivity (Wildman–Crippen MR) is 95.9 cm³/mol. The third-order valence-electron chi connectivity index (χ3n) is 4.40. The van der Waals surface area contributed by atoms with E-state index in [9.17, 15) is 8.42 Å². The Morgan fingerprint density at radius 1 is 1.16 bits per heavy atom. The molecule has 1 atom stereocenters. The van der Waals surface area contributed by atoms with Gasteiger partial charge in [-0.05, 0) is 38.8 Å². The molecule has 1 aliphatic heterocycles. The van der Waals surface area contributed by atoms with E-state index in [0.29, 0.717) is 18.9 Å². The fourth-order valence-electron chi connectivity index (χ4n) is 3.01. The van der Waals surface area contributed by atoms with Gasteiger partial charge in [0.15, 0.2) is 5.82 Å². The lowest BCUT2D eigenvalue weighted by Crippen LogP contribution is -2.44. The SMILES string of the molecule is Cc1nc(-c2ccncc2)ncc1C(C)NS(=O)(=O)N1CCCCC1. The molecule has 8 heteroatoms. The fourth-order valence-corrected chi connectivity index (χ4v) is 4.47. The molecular weight excluding hydrogens is 338 g/mol. The molecule has 1 aliphatic rings. The van der Waals surface area contributed by atoms with Crippen LogP contribution in [0, 0.1) is 6.92 Å². The van der Waals surface area contributed by atoms with Gasteiger partial charge < -0.3 is 0 Å². The van der Waals surface area contributed by atoms with Crippen LogP contribution in [0.1, 0.15) is 43.5 Å². The Hall–Kier alpha value is -1.90. The van der Waals surface area contributed by atoms with E-state index < -0.39 is 16.3 Å². The van der Waals surface area contributed by atoms with E-state index in [-0.39, 0.29) is 0 Å². The van der Waals surface area contributed by atoms with E-state index >= 15 is 0 Å². The minimum atomic E-state index is -3.49. The third-order valence-corrected chi connectivity index (χ3v) is 6.10. The number of rotatable bonds is 5. The molecule has 2 aromatic rings. The monoisotopic (exact) mass is 361 g/mol. The maximum Gasteiger partial charge on any atom is 0.279 e. The highest BCUT2D eigenvalue weighted by atomic mass is 32.2. The van der Waals surface area contributed by atoms with Crippen molar-refractivity contribution in [2.24, 2.45) is 0 Å². The highest BCUT2D eigenvalue weighted by Crippen LogP contribution is 2.21. The largest absolute Gasteiger partial charge is 0.279 e. The number of aromatic nitrogens is 3. The topological polar surface area (TPSA) is 88.1 Å². The number of nitrogens with one attached hydrogen (secondary N) is 1. The van der Waals surface area contributed by atoms with E-state index in [4.69, 9.17) is 0 Å². The van der Waals surface area contributed by atoms with Gasteiger partial charge in [0.2, 0.25) is 0 Å². The molecule has 134 valence electrons. The second-order valence-corrected chi connectivity index (χ2v) is 7.98. The Labute approximate surface area is 148 Å². The molecule has 2 aromatic heterocycles. The summed E-state index contributed by atoms with van der Waals surface area (Å²) in [5, 5.41) is 0. The van der Waals surface area contributed by atoms with Crippen molar-refractivity contribution in [3.63, 3.8) is 0 Å². The van der Waals surface area contributed by atoms with E-state index in [2.05, 4.69) is 19.7 Å². The molecule has 0 saturated carbocycles. The number of pyridine rings is 1. The molecule has 0 spiro atoms. The summed E-state index contributed by atoms with van der Waals surface area (Å²) < 4.78 is 29.3. The van der Waals surface area contributed by atoms with Crippen molar-refractivity contribution in [1.82, 2.24) is 24.0 Å². The predicted octanol–water partition coefficient (Wildman–Crippen LogP) is 2.23. The minimum absolute atomic E-state index is 0.390. The van der Waals surface area contributed by atoms with Crippen LogP contribution in [0.5, 0.6) is 0 Å². The molecule has 3 heterocycles. The maximum absolute atomic E-state index is 12.5. The van der Waals surface area contributed by atoms with Crippen LogP contribution in [-0.4, -0.2) is 40.8 Å². The first-order valence-electron chi connectivity index (χ1n) is 8.49. The molecule has 25 heavy (non-hydrogen) atoms. The Morgan fingerprint density at radius 2 is 1.84 bits per heavy atom. The van der Waals surface area contributed by atoms with Crippen LogP contribution in [0.25, 0.3) is 11.4 Å². The molecule has 0 aromatic carbocycles. The molecule has 0 amide bonds. The summed E-state index contributed by atoms with van der Waals surface area (Å²) in [5.41, 5.74) is 2.42. The van der Waals surface area contributed by atoms with E-state index in [0.717, 1.165) is 36.1 Å². The smallest absolute Gasteiger partial charge is 0.265 e. The van der Waals surface area contributed by atoms with Crippen molar-refractivity contribution in [2.75, 3.05) is 13.1 Å². The van der Waals surface area contributed by atoms with Gasteiger partial charge in [-0.25, -0.2) is 9.97 Å². The average Bonchev–Trinajstić information content (AvgIpc) is 2.62. The molecule has 1 N–H and O–H groups in total. The molecule has 3 rings (SSSR count). The van der Waals surface area contributed by atoms with E-state index in [1.165, 1.54) is 4.31 Å². The fraction of sp³-hybridized carbons (Fsp3) is 0.471. The van der Waals surface area contributed by atoms with Gasteiger partial charge in [-0.2, -0.15) is 17.4 Å². The summed E-state index contributed by atoms with van der Waals surface area (Å²) in [6.07, 6.45) is 8.00. The second kappa shape index (κ2) is 7.55. The highest BCUT2D eigenvalue weighted by Gasteiger charge is 2.26. The van der Waals surface area contributed by atoms with Gasteiger partial charge in [0, 0.05) is 54.5 Å². The molecule has 1 saturated heterocycles. The zero-order valence-electron chi connectivity index (χ0n) is 14.5. The second-order valence-electron chi connectivity index (χ2n) is 6.27. The van der Waals surface area contributed by atoms with Crippen LogP contribution in [-0.2, 0) is 10.2 Å². The van der Waals surface area contributed by atoms with Gasteiger partial charge in [-0.15, -0.1) is 0 Å². The number of hydrogen-bond acceptors (Lipinski definition) is 5. The van der Waals surface area contributed by atoms with Crippen molar-refractivity contribution >= 4 is 10.2 Å². The van der Waals surface area contributed by atoms with Gasteiger partial charge in [0.1, 0.15) is 0 Å². The van der Waals surface area contributed by atoms with E-state index in [1.54, 1.807) is 18.6 Å². The molecule has 0 bridgehead atoms. The molecule has 0 aliphatic carbocycles. The standard InChI is InChI=1S/C17H23N5O2S/c1-13-16(12-19-17(20-13)15-6-8-18-9-7-15)14(2)21-25(23,24)22-10-4-3-5-11-22/h6-9,12,14,21H,3-5,10-11H2,1-2H3. The van der Waals surface area contributed by atoms with Gasteiger partial charge in [0.25, 0.3) is 10.2 Å². The zero-order valence-corrected chi connectivity index (χ0v) is 15.3. The summed E-state index contributed by atoms with van der Waals surface area (Å²) in [6.45, 7) is 4.85. The Kier molecular flexibility index (Phi) is 5.41. The summed E-state index contributed by atoms with van der Waals surface area (Å²) in [4.78, 5) is 12.9. The van der Waals surface area contributed by atoms with Crippen LogP contribution < -0.4 is 4.72 Å². The van der Waals surface area contributed by atoms with Gasteiger partial charge in [-0.1, -0.05) is 6.42 Å². The van der Waals surface area contributed by atoms with Crippen molar-refractivity contribution in [1.29, 1.82) is 0 Å². The summed E-state index contributed by atoms with van der Waals surface area (Å²) in [5.74, 6) is 0.606. The van der Waals surface area contributed by atoms with Crippen LogP contribution in [0.4, 0.5) is 0 Å². The Morgan fingerprint density at radius 3 is 2.48 bits per heavy atom. The van der Waals surface area contributed by atoms with E-state index in [1.807, 2.05) is 26.0 Å². The molecular formula is C17H23N5O2S. The Balaban J connectivity index is 1.77. The van der Waals surface area contributed by atoms with Crippen molar-refractivity contribution < 1.29 is 8.42 Å². The quantitative estimate of drug-likeness (QED) is 0.882. The van der Waals surface area contributed by atoms with Crippen molar-refractivity contribution in [3.8, 4) is 11.4 Å². The lowest BCUT2D eigenvalue weighted by molar-refractivity contribution is 0.339. The molecule has 7 nitrogen and oxygen atoms in total. The maximum atomic E-state index is 12.5. The lowest BCUT2D eigenvalue weighted by Gasteiger charge is -2.27. The third kappa shape index (κ3) is 4.20. The Bertz CT molecular complexity index is 820. The normalized spacial score (nSPS) is 17.4. The van der Waals surface area contributed by atoms with Gasteiger partial charge in [-0.3, -0.25) is 4.98 Å². The number of piperidine rings is 1. The number of hydrogen-bond donors (Lipinski definition) is 1. The lowest BCUT2D eigenvalue weighted by atomic mass is 10.1. The highest BCUT2D eigenvalue weighted by molar-refractivity contribution is 7.87. The van der Waals surface area contributed by atoms with Crippen molar-refractivity contribution in [3.05, 3.63) is 42.0 Å². The molecule has 1 fully saturated rings. The van der Waals surface area contributed by atoms with Gasteiger partial charge in [0.05, 0.1) is 0 Å².